The maximum atomic E-state index is 4.21. The van der Waals surface area contributed by atoms with Crippen LogP contribution in [0.1, 0.15) is 81.9 Å². The monoisotopic (exact) mass is 586 g/mol. The Morgan fingerprint density at radius 1 is 0.556 bits per heavy atom. The van der Waals surface area contributed by atoms with Crippen molar-refractivity contribution in [1.82, 2.24) is 0 Å². The lowest BCUT2D eigenvalue weighted by Crippen LogP contribution is -2.24. The third-order valence-electron chi connectivity index (χ3n) is 9.66. The SMILES string of the molecule is CCc1cccc(CC)c1NC1c2cccc3cccc(c23)C1Nc1c(C)cc(C)cc1C(c1ccccc1)c1ccccc1. The van der Waals surface area contributed by atoms with Crippen molar-refractivity contribution in [2.24, 2.45) is 0 Å². The van der Waals surface area contributed by atoms with Gasteiger partial charge < -0.3 is 10.6 Å². The zero-order chi connectivity index (χ0) is 30.9. The van der Waals surface area contributed by atoms with Crippen LogP contribution in [0.5, 0.6) is 0 Å². The fraction of sp³-hybridized carbons (Fsp3) is 0.209. The predicted octanol–water partition coefficient (Wildman–Crippen LogP) is 11.1. The second kappa shape index (κ2) is 12.3. The number of benzene rings is 6. The summed E-state index contributed by atoms with van der Waals surface area (Å²) in [5.41, 5.74) is 14.4. The van der Waals surface area contributed by atoms with E-state index in [1.165, 1.54) is 72.2 Å². The molecule has 2 heteroatoms. The first kappa shape index (κ1) is 28.9. The minimum absolute atomic E-state index is 0.0491. The topological polar surface area (TPSA) is 24.1 Å². The van der Waals surface area contributed by atoms with Gasteiger partial charge in [0.25, 0.3) is 0 Å². The number of rotatable bonds is 9. The second-order valence-electron chi connectivity index (χ2n) is 12.5. The summed E-state index contributed by atoms with van der Waals surface area (Å²) in [5.74, 6) is 0.104. The lowest BCUT2D eigenvalue weighted by Gasteiger charge is -2.31. The molecule has 0 heterocycles. The average molecular weight is 587 g/mol. The first-order chi connectivity index (χ1) is 22.1. The van der Waals surface area contributed by atoms with Gasteiger partial charge in [0.05, 0.1) is 12.1 Å². The van der Waals surface area contributed by atoms with Crippen LogP contribution >= 0.6 is 0 Å². The zero-order valence-electron chi connectivity index (χ0n) is 26.8. The molecule has 0 fully saturated rings. The fourth-order valence-corrected chi connectivity index (χ4v) is 7.61. The van der Waals surface area contributed by atoms with Crippen LogP contribution in [-0.4, -0.2) is 0 Å². The van der Waals surface area contributed by atoms with Gasteiger partial charge in [-0.25, -0.2) is 0 Å². The normalized spacial score (nSPS) is 15.5. The third-order valence-corrected chi connectivity index (χ3v) is 9.66. The molecule has 0 spiro atoms. The molecule has 6 aromatic rings. The number of para-hydroxylation sites is 1. The highest BCUT2D eigenvalue weighted by molar-refractivity contribution is 5.93. The molecule has 1 aliphatic carbocycles. The van der Waals surface area contributed by atoms with E-state index in [0.29, 0.717) is 0 Å². The maximum absolute atomic E-state index is 4.21. The number of aryl methyl sites for hydroxylation is 4. The van der Waals surface area contributed by atoms with Gasteiger partial charge in [-0.15, -0.1) is 0 Å². The van der Waals surface area contributed by atoms with E-state index in [2.05, 4.69) is 166 Å². The van der Waals surface area contributed by atoms with E-state index in [-0.39, 0.29) is 18.0 Å². The number of nitrogens with one attached hydrogen (secondary N) is 2. The van der Waals surface area contributed by atoms with E-state index in [9.17, 15) is 0 Å². The molecule has 0 radical (unpaired) electrons. The Balaban J connectivity index is 1.40. The molecule has 0 aliphatic heterocycles. The van der Waals surface area contributed by atoms with Crippen LogP contribution in [0.4, 0.5) is 11.4 Å². The molecule has 2 unspecified atom stereocenters. The Morgan fingerprint density at radius 2 is 1.07 bits per heavy atom. The lowest BCUT2D eigenvalue weighted by molar-refractivity contribution is 0.677. The van der Waals surface area contributed by atoms with Crippen molar-refractivity contribution in [2.75, 3.05) is 10.6 Å². The van der Waals surface area contributed by atoms with Gasteiger partial charge in [-0.2, -0.15) is 0 Å². The number of hydrogen-bond acceptors (Lipinski definition) is 2. The molecule has 0 amide bonds. The zero-order valence-corrected chi connectivity index (χ0v) is 26.8. The van der Waals surface area contributed by atoms with Crippen LogP contribution in [0.3, 0.4) is 0 Å². The molecule has 1 aliphatic rings. The van der Waals surface area contributed by atoms with Gasteiger partial charge in [0, 0.05) is 17.3 Å². The predicted molar refractivity (Wildman–Crippen MR) is 192 cm³/mol. The molecule has 2 nitrogen and oxygen atoms in total. The highest BCUT2D eigenvalue weighted by atomic mass is 15.0. The quantitative estimate of drug-likeness (QED) is 0.165. The molecule has 2 N–H and O–H groups in total. The highest BCUT2D eigenvalue weighted by Gasteiger charge is 2.36. The van der Waals surface area contributed by atoms with Crippen molar-refractivity contribution >= 4 is 22.1 Å². The molecular weight excluding hydrogens is 544 g/mol. The molecule has 2 atom stereocenters. The average Bonchev–Trinajstić information content (AvgIpc) is 3.37. The second-order valence-corrected chi connectivity index (χ2v) is 12.5. The summed E-state index contributed by atoms with van der Waals surface area (Å²) < 4.78 is 0. The van der Waals surface area contributed by atoms with Crippen molar-refractivity contribution in [3.05, 3.63) is 177 Å². The molecule has 0 saturated heterocycles. The summed E-state index contributed by atoms with van der Waals surface area (Å²) in [6.45, 7) is 9.00. The number of hydrogen-bond donors (Lipinski definition) is 2. The lowest BCUT2D eigenvalue weighted by atomic mass is 9.82. The van der Waals surface area contributed by atoms with E-state index >= 15 is 0 Å². The van der Waals surface area contributed by atoms with Crippen LogP contribution in [0.15, 0.2) is 127 Å². The minimum Gasteiger partial charge on any atom is -0.375 e. The Hall–Kier alpha value is -4.82. The fourth-order valence-electron chi connectivity index (χ4n) is 7.61. The summed E-state index contributed by atoms with van der Waals surface area (Å²) in [7, 11) is 0. The Labute approximate surface area is 268 Å². The van der Waals surface area contributed by atoms with Gasteiger partial charge in [-0.1, -0.05) is 147 Å². The summed E-state index contributed by atoms with van der Waals surface area (Å²) in [5, 5.41) is 11.0. The van der Waals surface area contributed by atoms with E-state index < -0.39 is 0 Å². The first-order valence-electron chi connectivity index (χ1n) is 16.4. The summed E-state index contributed by atoms with van der Waals surface area (Å²) >= 11 is 0. The van der Waals surface area contributed by atoms with Crippen molar-refractivity contribution < 1.29 is 0 Å². The standard InChI is InChI=1S/C43H42N2/c1-5-30-20-13-21-31(6-2)41(30)45-43-36-25-15-23-34-22-14-24-35(39(34)36)42(43)44-40-29(4)26-28(3)27-37(40)38(32-16-9-7-10-17-32)33-18-11-8-12-19-33/h7-27,38,42-45H,5-6H2,1-4H3. The third kappa shape index (κ3) is 5.29. The first-order valence-corrected chi connectivity index (χ1v) is 16.4. The van der Waals surface area contributed by atoms with Crippen LogP contribution in [-0.2, 0) is 12.8 Å². The molecular formula is C43H42N2. The van der Waals surface area contributed by atoms with Gasteiger partial charge >= 0.3 is 0 Å². The van der Waals surface area contributed by atoms with Crippen molar-refractivity contribution in [3.63, 3.8) is 0 Å². The van der Waals surface area contributed by atoms with Gasteiger partial charge in [0.1, 0.15) is 0 Å². The maximum Gasteiger partial charge on any atom is 0.0763 e. The summed E-state index contributed by atoms with van der Waals surface area (Å²) in [4.78, 5) is 0. The molecule has 45 heavy (non-hydrogen) atoms. The van der Waals surface area contributed by atoms with Gasteiger partial charge in [0.15, 0.2) is 0 Å². The van der Waals surface area contributed by atoms with E-state index in [0.717, 1.165) is 12.8 Å². The smallest absolute Gasteiger partial charge is 0.0763 e. The molecule has 6 aromatic carbocycles. The molecule has 0 aromatic heterocycles. The Kier molecular flexibility index (Phi) is 7.90. The van der Waals surface area contributed by atoms with Gasteiger partial charge in [0.2, 0.25) is 0 Å². The largest absolute Gasteiger partial charge is 0.375 e. The van der Waals surface area contributed by atoms with Crippen molar-refractivity contribution in [3.8, 4) is 0 Å². The minimum atomic E-state index is 0.0491. The Morgan fingerprint density at radius 3 is 1.60 bits per heavy atom. The van der Waals surface area contributed by atoms with Crippen LogP contribution in [0, 0.1) is 13.8 Å². The van der Waals surface area contributed by atoms with Crippen molar-refractivity contribution in [1.29, 1.82) is 0 Å². The number of anilines is 2. The van der Waals surface area contributed by atoms with E-state index in [4.69, 9.17) is 0 Å². The van der Waals surface area contributed by atoms with Gasteiger partial charge in [-0.3, -0.25) is 0 Å². The van der Waals surface area contributed by atoms with Gasteiger partial charge in [-0.05, 0) is 82.0 Å². The molecule has 224 valence electrons. The van der Waals surface area contributed by atoms with Crippen molar-refractivity contribution in [2.45, 2.75) is 58.5 Å². The van der Waals surface area contributed by atoms with Crippen LogP contribution in [0.2, 0.25) is 0 Å². The van der Waals surface area contributed by atoms with E-state index in [1.807, 2.05) is 0 Å². The van der Waals surface area contributed by atoms with Crippen LogP contribution in [0.25, 0.3) is 10.8 Å². The summed E-state index contributed by atoms with van der Waals surface area (Å²) in [6, 6.07) is 47.1. The van der Waals surface area contributed by atoms with Crippen LogP contribution < -0.4 is 10.6 Å². The molecule has 0 saturated carbocycles. The highest BCUT2D eigenvalue weighted by Crippen LogP contribution is 2.49. The summed E-state index contributed by atoms with van der Waals surface area (Å²) in [6.07, 6.45) is 1.99. The Bertz CT molecular complexity index is 1890. The molecule has 7 rings (SSSR count). The molecule has 0 bridgehead atoms. The van der Waals surface area contributed by atoms with E-state index in [1.54, 1.807) is 0 Å².